The van der Waals surface area contributed by atoms with Crippen LogP contribution in [-0.2, 0) is 11.3 Å². The van der Waals surface area contributed by atoms with Gasteiger partial charge in [-0.3, -0.25) is 9.59 Å². The summed E-state index contributed by atoms with van der Waals surface area (Å²) in [7, 11) is 0. The number of aromatic nitrogens is 1. The molecule has 0 bridgehead atoms. The van der Waals surface area contributed by atoms with E-state index in [1.807, 2.05) is 17.9 Å². The van der Waals surface area contributed by atoms with E-state index in [1.54, 1.807) is 11.3 Å². The van der Waals surface area contributed by atoms with Gasteiger partial charge in [0.15, 0.2) is 0 Å². The predicted molar refractivity (Wildman–Crippen MR) is 138 cm³/mol. The molecule has 186 valence electrons. The van der Waals surface area contributed by atoms with Crippen molar-refractivity contribution in [2.24, 2.45) is 5.92 Å². The Morgan fingerprint density at radius 3 is 2.71 bits per heavy atom. The molecule has 0 aromatic carbocycles. The minimum atomic E-state index is -0.880. The smallest absolute Gasteiger partial charge is 0.271 e. The second-order valence-electron chi connectivity index (χ2n) is 11.2. The van der Waals surface area contributed by atoms with Gasteiger partial charge in [-0.05, 0) is 88.8 Å². The van der Waals surface area contributed by atoms with Gasteiger partial charge in [-0.2, -0.15) is 0 Å². The lowest BCUT2D eigenvalue weighted by Gasteiger charge is -2.45. The van der Waals surface area contributed by atoms with Gasteiger partial charge in [0, 0.05) is 25.2 Å². The molecule has 1 saturated heterocycles. The van der Waals surface area contributed by atoms with Crippen molar-refractivity contribution < 1.29 is 9.59 Å². The highest BCUT2D eigenvalue weighted by atomic mass is 32.1. The van der Waals surface area contributed by atoms with Gasteiger partial charge in [-0.1, -0.05) is 13.3 Å². The number of piperidine rings is 1. The van der Waals surface area contributed by atoms with Crippen LogP contribution in [0.5, 0.6) is 0 Å². The fourth-order valence-electron chi connectivity index (χ4n) is 6.29. The lowest BCUT2D eigenvalue weighted by Crippen LogP contribution is -2.65. The maximum absolute atomic E-state index is 13.8. The van der Waals surface area contributed by atoms with Crippen molar-refractivity contribution in [3.8, 4) is 0 Å². The Kier molecular flexibility index (Phi) is 6.77. The van der Waals surface area contributed by atoms with Crippen LogP contribution in [0.3, 0.4) is 0 Å². The Bertz CT molecular complexity index is 1040. The van der Waals surface area contributed by atoms with E-state index in [4.69, 9.17) is 0 Å². The number of rotatable bonds is 6. The summed E-state index contributed by atoms with van der Waals surface area (Å²) in [5, 5.41) is 5.42. The van der Waals surface area contributed by atoms with E-state index in [0.29, 0.717) is 19.1 Å². The average Bonchev–Trinajstić information content (AvgIpc) is 3.41. The molecular weight excluding hydrogens is 444 g/mol. The maximum Gasteiger partial charge on any atom is 0.271 e. The zero-order chi connectivity index (χ0) is 23.9. The van der Waals surface area contributed by atoms with Crippen LogP contribution >= 0.6 is 11.3 Å². The molecule has 7 heteroatoms. The standard InChI is InChI=1S/C27H40N4O2S/c1-19-8-10-21(11-9-19)28-26(33)27(3)18-30-22-12-16-34-24(22)17-23(30)25(32)31(27)15-6-14-29-13-5-4-7-20(29)2/h12,16-17,19-21H,4-11,13-15,18H2,1-3H3,(H,28,33)/t19?,20-,21?,27+/m1/s1. The highest BCUT2D eigenvalue weighted by Crippen LogP contribution is 2.35. The molecule has 0 spiro atoms. The molecule has 2 aromatic heterocycles. The number of likely N-dealkylation sites (tertiary alicyclic amines) is 1. The number of fused-ring (bicyclic) bond motifs is 3. The third-order valence-corrected chi connectivity index (χ3v) is 9.51. The van der Waals surface area contributed by atoms with E-state index in [9.17, 15) is 9.59 Å². The van der Waals surface area contributed by atoms with E-state index in [-0.39, 0.29) is 17.9 Å². The van der Waals surface area contributed by atoms with Crippen molar-refractivity contribution in [1.29, 1.82) is 0 Å². The molecule has 34 heavy (non-hydrogen) atoms. The van der Waals surface area contributed by atoms with Gasteiger partial charge in [-0.25, -0.2) is 0 Å². The summed E-state index contributed by atoms with van der Waals surface area (Å²) in [4.78, 5) is 32.1. The summed E-state index contributed by atoms with van der Waals surface area (Å²) >= 11 is 1.66. The number of hydrogen-bond acceptors (Lipinski definition) is 4. The molecule has 2 amide bonds. The van der Waals surface area contributed by atoms with Crippen LogP contribution in [0.15, 0.2) is 17.5 Å². The van der Waals surface area contributed by atoms with Gasteiger partial charge in [0.1, 0.15) is 11.2 Å². The molecule has 2 atom stereocenters. The first-order valence-corrected chi connectivity index (χ1v) is 14.2. The van der Waals surface area contributed by atoms with Crippen LogP contribution in [0.25, 0.3) is 10.2 Å². The second-order valence-corrected chi connectivity index (χ2v) is 12.1. The molecule has 1 N–H and O–H groups in total. The second kappa shape index (κ2) is 9.65. The number of carbonyl (C=O) groups excluding carboxylic acids is 2. The number of nitrogens with one attached hydrogen (secondary N) is 1. The number of hydrogen-bond donors (Lipinski definition) is 1. The van der Waals surface area contributed by atoms with Gasteiger partial charge in [0.2, 0.25) is 5.91 Å². The first-order chi connectivity index (χ1) is 16.4. The normalized spacial score (nSPS) is 30.5. The molecule has 3 aliphatic rings. The van der Waals surface area contributed by atoms with Crippen LogP contribution in [0.4, 0.5) is 0 Å². The number of carbonyl (C=O) groups is 2. The van der Waals surface area contributed by atoms with E-state index in [0.717, 1.165) is 67.0 Å². The fraction of sp³-hybridized carbons (Fsp3) is 0.704. The van der Waals surface area contributed by atoms with Crippen molar-refractivity contribution >= 4 is 33.4 Å². The summed E-state index contributed by atoms with van der Waals surface area (Å²) in [5.41, 5.74) is 0.916. The lowest BCUT2D eigenvalue weighted by atomic mass is 9.86. The first kappa shape index (κ1) is 23.9. The van der Waals surface area contributed by atoms with Gasteiger partial charge in [-0.15, -0.1) is 11.3 Å². The monoisotopic (exact) mass is 484 g/mol. The number of thiophene rings is 1. The summed E-state index contributed by atoms with van der Waals surface area (Å²) in [5.74, 6) is 0.744. The molecule has 0 unspecified atom stereocenters. The van der Waals surface area contributed by atoms with Crippen molar-refractivity contribution in [2.45, 2.75) is 96.3 Å². The van der Waals surface area contributed by atoms with Crippen LogP contribution < -0.4 is 5.32 Å². The zero-order valence-electron chi connectivity index (χ0n) is 21.0. The van der Waals surface area contributed by atoms with Crippen LogP contribution in [0, 0.1) is 5.92 Å². The Balaban J connectivity index is 1.37. The molecule has 1 saturated carbocycles. The highest BCUT2D eigenvalue weighted by molar-refractivity contribution is 7.17. The molecule has 0 radical (unpaired) electrons. The Morgan fingerprint density at radius 2 is 1.94 bits per heavy atom. The van der Waals surface area contributed by atoms with E-state index >= 15 is 0 Å². The summed E-state index contributed by atoms with van der Waals surface area (Å²) < 4.78 is 3.20. The number of nitrogens with zero attached hydrogens (tertiary/aromatic N) is 3. The molecular formula is C27H40N4O2S. The average molecular weight is 485 g/mol. The third-order valence-electron chi connectivity index (χ3n) is 8.66. The minimum Gasteiger partial charge on any atom is -0.351 e. The van der Waals surface area contributed by atoms with Crippen molar-refractivity contribution in [1.82, 2.24) is 19.7 Å². The largest absolute Gasteiger partial charge is 0.351 e. The summed E-state index contributed by atoms with van der Waals surface area (Å²) in [6.07, 6.45) is 9.12. The molecule has 2 fully saturated rings. The van der Waals surface area contributed by atoms with Gasteiger partial charge in [0.05, 0.1) is 16.8 Å². The molecule has 5 rings (SSSR count). The summed E-state index contributed by atoms with van der Waals surface area (Å²) in [6.45, 7) is 9.86. The Labute approximate surface area is 207 Å². The topological polar surface area (TPSA) is 57.6 Å². The van der Waals surface area contributed by atoms with Crippen LogP contribution in [-0.4, -0.2) is 63.4 Å². The fourth-order valence-corrected chi connectivity index (χ4v) is 7.11. The molecule has 2 aromatic rings. The van der Waals surface area contributed by atoms with Crippen molar-refractivity contribution in [3.63, 3.8) is 0 Å². The molecule has 4 heterocycles. The molecule has 6 nitrogen and oxygen atoms in total. The number of amides is 2. The third kappa shape index (κ3) is 4.41. The van der Waals surface area contributed by atoms with E-state index in [2.05, 4.69) is 40.1 Å². The van der Waals surface area contributed by atoms with Crippen molar-refractivity contribution in [3.05, 3.63) is 23.2 Å². The van der Waals surface area contributed by atoms with Gasteiger partial charge in [0.25, 0.3) is 5.91 Å². The van der Waals surface area contributed by atoms with Crippen molar-refractivity contribution in [2.75, 3.05) is 19.6 Å². The van der Waals surface area contributed by atoms with E-state index in [1.165, 1.54) is 19.3 Å². The van der Waals surface area contributed by atoms with Gasteiger partial charge >= 0.3 is 0 Å². The lowest BCUT2D eigenvalue weighted by molar-refractivity contribution is -0.133. The van der Waals surface area contributed by atoms with Crippen LogP contribution in [0.1, 0.15) is 82.6 Å². The molecule has 1 aliphatic carbocycles. The quantitative estimate of drug-likeness (QED) is 0.636. The minimum absolute atomic E-state index is 0.00346. The zero-order valence-corrected chi connectivity index (χ0v) is 21.8. The predicted octanol–water partition coefficient (Wildman–Crippen LogP) is 4.88. The Morgan fingerprint density at radius 1 is 1.15 bits per heavy atom. The molecule has 2 aliphatic heterocycles. The van der Waals surface area contributed by atoms with Gasteiger partial charge < -0.3 is 19.7 Å². The maximum atomic E-state index is 13.8. The van der Waals surface area contributed by atoms with Crippen LogP contribution in [0.2, 0.25) is 0 Å². The highest BCUT2D eigenvalue weighted by Gasteiger charge is 2.48. The SMILES string of the molecule is CC1CCC(NC(=O)[C@]2(C)Cn3c(cc4sccc43)C(=O)N2CCCN2CCCC[C@H]2C)CC1. The summed E-state index contributed by atoms with van der Waals surface area (Å²) in [6, 6.07) is 4.92. The Hall–Kier alpha value is -1.86. The van der Waals surface area contributed by atoms with E-state index < -0.39 is 5.54 Å². The first-order valence-electron chi connectivity index (χ1n) is 13.3.